The first-order valence-electron chi connectivity index (χ1n) is 4.86. The molecule has 0 heterocycles. The molecule has 0 saturated heterocycles. The minimum absolute atomic E-state index is 0.584. The summed E-state index contributed by atoms with van der Waals surface area (Å²) in [5.41, 5.74) is 1.29. The van der Waals surface area contributed by atoms with Crippen LogP contribution in [0.15, 0.2) is 12.2 Å². The van der Waals surface area contributed by atoms with Gasteiger partial charge in [-0.05, 0) is 18.8 Å². The Hall–Kier alpha value is -0.300. The van der Waals surface area contributed by atoms with Gasteiger partial charge in [0.05, 0.1) is 0 Å². The highest BCUT2D eigenvalue weighted by molar-refractivity contribution is 5.00. The van der Waals surface area contributed by atoms with Crippen LogP contribution in [0.3, 0.4) is 0 Å². The third-order valence-corrected chi connectivity index (χ3v) is 2.47. The lowest BCUT2D eigenvalue weighted by Crippen LogP contribution is -2.32. The molecule has 1 nitrogen and oxygen atoms in total. The quantitative estimate of drug-likeness (QED) is 0.624. The Morgan fingerprint density at radius 2 is 1.67 bits per heavy atom. The van der Waals surface area contributed by atoms with E-state index in [1.54, 1.807) is 0 Å². The van der Waals surface area contributed by atoms with E-state index in [2.05, 4.69) is 46.5 Å². The Morgan fingerprint density at radius 1 is 1.17 bits per heavy atom. The van der Waals surface area contributed by atoms with Gasteiger partial charge in [-0.2, -0.15) is 0 Å². The van der Waals surface area contributed by atoms with Gasteiger partial charge < -0.3 is 5.32 Å². The zero-order chi connectivity index (χ0) is 9.72. The lowest BCUT2D eigenvalue weighted by atomic mass is 10.0. The zero-order valence-corrected chi connectivity index (χ0v) is 9.15. The van der Waals surface area contributed by atoms with Gasteiger partial charge in [0.1, 0.15) is 0 Å². The van der Waals surface area contributed by atoms with Crippen LogP contribution in [0.2, 0.25) is 0 Å². The molecule has 0 aromatic heterocycles. The van der Waals surface area contributed by atoms with E-state index in [1.165, 1.54) is 5.57 Å². The van der Waals surface area contributed by atoms with Crippen LogP contribution in [-0.2, 0) is 0 Å². The van der Waals surface area contributed by atoms with Crippen LogP contribution in [0.1, 0.15) is 34.6 Å². The first kappa shape index (κ1) is 11.7. The average molecular weight is 169 g/mol. The molecule has 0 spiro atoms. The van der Waals surface area contributed by atoms with Crippen LogP contribution < -0.4 is 5.32 Å². The van der Waals surface area contributed by atoms with E-state index in [4.69, 9.17) is 0 Å². The number of hydrogen-bond donors (Lipinski definition) is 1. The third kappa shape index (κ3) is 4.55. The van der Waals surface area contributed by atoms with Gasteiger partial charge in [0.15, 0.2) is 0 Å². The SMILES string of the molecule is C=C(CNC(C)C(C)C)C(C)C. The Kier molecular flexibility index (Phi) is 5.23. The van der Waals surface area contributed by atoms with Crippen LogP contribution in [0, 0.1) is 11.8 Å². The predicted octanol–water partition coefficient (Wildman–Crippen LogP) is 2.83. The topological polar surface area (TPSA) is 12.0 Å². The fourth-order valence-corrected chi connectivity index (χ4v) is 0.732. The molecule has 0 aromatic carbocycles. The van der Waals surface area contributed by atoms with Crippen molar-refractivity contribution in [3.8, 4) is 0 Å². The van der Waals surface area contributed by atoms with Gasteiger partial charge in [-0.1, -0.05) is 39.8 Å². The molecule has 72 valence electrons. The number of nitrogens with one attached hydrogen (secondary N) is 1. The lowest BCUT2D eigenvalue weighted by Gasteiger charge is -2.19. The first-order chi connectivity index (χ1) is 5.45. The summed E-state index contributed by atoms with van der Waals surface area (Å²) in [4.78, 5) is 0. The molecule has 0 saturated carbocycles. The van der Waals surface area contributed by atoms with Crippen molar-refractivity contribution in [3.05, 3.63) is 12.2 Å². The molecule has 1 unspecified atom stereocenters. The van der Waals surface area contributed by atoms with E-state index in [1.807, 2.05) is 0 Å². The Morgan fingerprint density at radius 3 is 2.00 bits per heavy atom. The first-order valence-corrected chi connectivity index (χ1v) is 4.86. The van der Waals surface area contributed by atoms with Gasteiger partial charge in [0, 0.05) is 12.6 Å². The Balaban J connectivity index is 3.61. The summed E-state index contributed by atoms with van der Waals surface area (Å²) in [7, 11) is 0. The molecule has 12 heavy (non-hydrogen) atoms. The van der Waals surface area contributed by atoms with Crippen molar-refractivity contribution in [2.75, 3.05) is 6.54 Å². The van der Waals surface area contributed by atoms with Gasteiger partial charge in [0.2, 0.25) is 0 Å². The fourth-order valence-electron chi connectivity index (χ4n) is 0.732. The molecular formula is C11H23N. The summed E-state index contributed by atoms with van der Waals surface area (Å²) in [5, 5.41) is 3.46. The molecule has 0 bridgehead atoms. The van der Waals surface area contributed by atoms with E-state index in [9.17, 15) is 0 Å². The van der Waals surface area contributed by atoms with Crippen molar-refractivity contribution in [2.24, 2.45) is 11.8 Å². The number of hydrogen-bond acceptors (Lipinski definition) is 1. The van der Waals surface area contributed by atoms with Crippen LogP contribution >= 0.6 is 0 Å². The van der Waals surface area contributed by atoms with E-state index in [0.717, 1.165) is 6.54 Å². The highest BCUT2D eigenvalue weighted by Crippen LogP contribution is 2.06. The minimum atomic E-state index is 0.584. The lowest BCUT2D eigenvalue weighted by molar-refractivity contribution is 0.435. The van der Waals surface area contributed by atoms with Crippen LogP contribution in [-0.4, -0.2) is 12.6 Å². The van der Waals surface area contributed by atoms with E-state index < -0.39 is 0 Å². The summed E-state index contributed by atoms with van der Waals surface area (Å²) in [6, 6.07) is 0.584. The monoisotopic (exact) mass is 169 g/mol. The van der Waals surface area contributed by atoms with Crippen molar-refractivity contribution in [1.29, 1.82) is 0 Å². The van der Waals surface area contributed by atoms with Crippen molar-refractivity contribution in [3.63, 3.8) is 0 Å². The molecule has 0 rings (SSSR count). The second-order valence-corrected chi connectivity index (χ2v) is 4.23. The normalized spacial score (nSPS) is 13.9. The molecule has 0 aliphatic carbocycles. The smallest absolute Gasteiger partial charge is 0.0167 e. The van der Waals surface area contributed by atoms with Crippen LogP contribution in [0.4, 0.5) is 0 Å². The standard InChI is InChI=1S/C11H23N/c1-8(2)10(5)7-12-11(6)9(3)4/h8-9,11-12H,5,7H2,1-4,6H3. The highest BCUT2D eigenvalue weighted by Gasteiger charge is 2.07. The van der Waals surface area contributed by atoms with Crippen LogP contribution in [0.5, 0.6) is 0 Å². The maximum Gasteiger partial charge on any atom is 0.0167 e. The molecule has 0 aliphatic rings. The highest BCUT2D eigenvalue weighted by atomic mass is 14.9. The molecule has 0 amide bonds. The van der Waals surface area contributed by atoms with E-state index >= 15 is 0 Å². The second-order valence-electron chi connectivity index (χ2n) is 4.23. The molecule has 0 fully saturated rings. The fraction of sp³-hybridized carbons (Fsp3) is 0.818. The maximum atomic E-state index is 4.02. The van der Waals surface area contributed by atoms with Gasteiger partial charge in [-0.25, -0.2) is 0 Å². The summed E-state index contributed by atoms with van der Waals surface area (Å²) >= 11 is 0. The minimum Gasteiger partial charge on any atom is -0.310 e. The maximum absolute atomic E-state index is 4.02. The van der Waals surface area contributed by atoms with E-state index in [-0.39, 0.29) is 0 Å². The van der Waals surface area contributed by atoms with E-state index in [0.29, 0.717) is 17.9 Å². The van der Waals surface area contributed by atoms with Gasteiger partial charge >= 0.3 is 0 Å². The molecule has 0 radical (unpaired) electrons. The Labute approximate surface area is 77.2 Å². The van der Waals surface area contributed by atoms with Gasteiger partial charge in [-0.15, -0.1) is 0 Å². The van der Waals surface area contributed by atoms with Crippen molar-refractivity contribution in [2.45, 2.75) is 40.7 Å². The van der Waals surface area contributed by atoms with Gasteiger partial charge in [0.25, 0.3) is 0 Å². The third-order valence-electron chi connectivity index (χ3n) is 2.47. The number of rotatable bonds is 5. The molecule has 1 heteroatoms. The summed E-state index contributed by atoms with van der Waals surface area (Å²) < 4.78 is 0. The van der Waals surface area contributed by atoms with Crippen molar-refractivity contribution >= 4 is 0 Å². The Bertz CT molecular complexity index is 136. The van der Waals surface area contributed by atoms with Crippen molar-refractivity contribution < 1.29 is 0 Å². The largest absolute Gasteiger partial charge is 0.310 e. The summed E-state index contributed by atoms with van der Waals surface area (Å²) in [6.07, 6.45) is 0. The second kappa shape index (κ2) is 5.36. The van der Waals surface area contributed by atoms with Gasteiger partial charge in [-0.3, -0.25) is 0 Å². The summed E-state index contributed by atoms with van der Waals surface area (Å²) in [6.45, 7) is 16.0. The van der Waals surface area contributed by atoms with Crippen molar-refractivity contribution in [1.82, 2.24) is 5.32 Å². The van der Waals surface area contributed by atoms with Crippen LogP contribution in [0.25, 0.3) is 0 Å². The molecule has 1 N–H and O–H groups in total. The average Bonchev–Trinajstić information content (AvgIpc) is 1.98. The molecule has 1 atom stereocenters. The summed E-state index contributed by atoms with van der Waals surface area (Å²) in [5.74, 6) is 1.29. The molecular weight excluding hydrogens is 146 g/mol. The molecule has 0 aromatic rings. The zero-order valence-electron chi connectivity index (χ0n) is 9.15. The predicted molar refractivity (Wildman–Crippen MR) is 56.3 cm³/mol. The molecule has 0 aliphatic heterocycles.